The van der Waals surface area contributed by atoms with E-state index in [4.69, 9.17) is 42.1 Å². The minimum absolute atomic E-state index is 0.0771. The van der Waals surface area contributed by atoms with Crippen molar-refractivity contribution in [2.45, 2.75) is 24.0 Å². The summed E-state index contributed by atoms with van der Waals surface area (Å²) in [5.74, 6) is -0.283. The van der Waals surface area contributed by atoms with Crippen molar-refractivity contribution >= 4 is 35.1 Å². The van der Waals surface area contributed by atoms with E-state index < -0.39 is 22.7 Å². The van der Waals surface area contributed by atoms with Crippen molar-refractivity contribution in [1.29, 1.82) is 0 Å². The van der Waals surface area contributed by atoms with E-state index in [1.165, 1.54) is 14.2 Å². The molecule has 0 amide bonds. The Morgan fingerprint density at radius 1 is 0.676 bits per heavy atom. The molecule has 0 spiro atoms. The lowest BCUT2D eigenvalue weighted by Crippen LogP contribution is -2.13. The summed E-state index contributed by atoms with van der Waals surface area (Å²) in [5, 5.41) is -1.86. The minimum atomic E-state index is -0.930. The van der Waals surface area contributed by atoms with Crippen LogP contribution in [-0.4, -0.2) is 26.2 Å². The summed E-state index contributed by atoms with van der Waals surface area (Å²) < 4.78 is 21.7. The number of halogens is 2. The monoisotopic (exact) mass is 502 g/mol. The number of alkyl halides is 2. The molecule has 8 heteroatoms. The molecule has 0 aliphatic carbocycles. The number of ether oxygens (including phenoxy) is 4. The van der Waals surface area contributed by atoms with Gasteiger partial charge in [0.05, 0.1) is 14.2 Å². The van der Waals surface area contributed by atoms with Gasteiger partial charge in [0.1, 0.15) is 24.7 Å². The molecule has 3 aromatic carbocycles. The molecule has 0 fully saturated rings. The second kappa shape index (κ2) is 12.3. The third-order valence-electron chi connectivity index (χ3n) is 5.02. The van der Waals surface area contributed by atoms with Crippen molar-refractivity contribution in [3.63, 3.8) is 0 Å². The highest BCUT2D eigenvalue weighted by Gasteiger charge is 2.22. The Bertz CT molecular complexity index is 1020. The molecule has 0 aliphatic rings. The first-order valence-electron chi connectivity index (χ1n) is 10.4. The van der Waals surface area contributed by atoms with Crippen LogP contribution < -0.4 is 9.47 Å². The standard InChI is InChI=1S/C26H24Cl2O6/c1-31-21-13-20(16-34-26(30)24(28)18-11-7-4-8-12-18)22(32-2)14-19(21)15-33-25(29)23(27)17-9-5-3-6-10-17/h3-14,23-24H,15-16H2,1-2H3. The normalized spacial score (nSPS) is 12.4. The Hall–Kier alpha value is -3.22. The van der Waals surface area contributed by atoms with Gasteiger partial charge in [0.15, 0.2) is 10.8 Å². The average molecular weight is 503 g/mol. The number of hydrogen-bond acceptors (Lipinski definition) is 6. The highest BCUT2D eigenvalue weighted by molar-refractivity contribution is 6.30. The molecule has 0 radical (unpaired) electrons. The first-order chi connectivity index (χ1) is 16.4. The summed E-state index contributed by atoms with van der Waals surface area (Å²) >= 11 is 12.5. The van der Waals surface area contributed by atoms with Gasteiger partial charge < -0.3 is 18.9 Å². The van der Waals surface area contributed by atoms with Crippen molar-refractivity contribution in [1.82, 2.24) is 0 Å². The van der Waals surface area contributed by atoms with Crippen molar-refractivity contribution < 1.29 is 28.5 Å². The molecular weight excluding hydrogens is 479 g/mol. The molecule has 34 heavy (non-hydrogen) atoms. The van der Waals surface area contributed by atoms with E-state index in [0.717, 1.165) is 0 Å². The molecular formula is C26H24Cl2O6. The van der Waals surface area contributed by atoms with E-state index in [0.29, 0.717) is 33.8 Å². The summed E-state index contributed by atoms with van der Waals surface area (Å²) in [6, 6.07) is 21.2. The molecule has 2 atom stereocenters. The number of rotatable bonds is 10. The van der Waals surface area contributed by atoms with Crippen LogP contribution in [-0.2, 0) is 32.3 Å². The lowest BCUT2D eigenvalue weighted by atomic mass is 10.1. The van der Waals surface area contributed by atoms with E-state index in [-0.39, 0.29) is 13.2 Å². The molecule has 0 saturated carbocycles. The van der Waals surface area contributed by atoms with Gasteiger partial charge in [-0.05, 0) is 23.3 Å². The van der Waals surface area contributed by atoms with Gasteiger partial charge in [-0.25, -0.2) is 0 Å². The number of esters is 2. The van der Waals surface area contributed by atoms with Gasteiger partial charge in [0.25, 0.3) is 0 Å². The number of methoxy groups -OCH3 is 2. The van der Waals surface area contributed by atoms with Gasteiger partial charge in [-0.15, -0.1) is 23.2 Å². The molecule has 3 rings (SSSR count). The maximum absolute atomic E-state index is 12.4. The lowest BCUT2D eigenvalue weighted by molar-refractivity contribution is -0.145. The van der Waals surface area contributed by atoms with Crippen LogP contribution in [0.2, 0.25) is 0 Å². The molecule has 0 aliphatic heterocycles. The Labute approximate surface area is 208 Å². The molecule has 0 heterocycles. The lowest BCUT2D eigenvalue weighted by Gasteiger charge is -2.17. The third kappa shape index (κ3) is 6.43. The highest BCUT2D eigenvalue weighted by Crippen LogP contribution is 2.32. The fourth-order valence-electron chi connectivity index (χ4n) is 3.21. The van der Waals surface area contributed by atoms with Crippen LogP contribution >= 0.6 is 23.2 Å². The zero-order valence-electron chi connectivity index (χ0n) is 18.7. The Morgan fingerprint density at radius 2 is 1.03 bits per heavy atom. The minimum Gasteiger partial charge on any atom is -0.496 e. The van der Waals surface area contributed by atoms with E-state index >= 15 is 0 Å². The molecule has 6 nitrogen and oxygen atoms in total. The molecule has 178 valence electrons. The number of hydrogen-bond donors (Lipinski definition) is 0. The van der Waals surface area contributed by atoms with Crippen LogP contribution in [0, 0.1) is 0 Å². The van der Waals surface area contributed by atoms with Crippen LogP contribution in [0.1, 0.15) is 33.0 Å². The van der Waals surface area contributed by atoms with Crippen LogP contribution in [0.5, 0.6) is 11.5 Å². The van der Waals surface area contributed by atoms with Crippen molar-refractivity contribution in [3.05, 3.63) is 95.1 Å². The van der Waals surface area contributed by atoms with Gasteiger partial charge in [0.2, 0.25) is 0 Å². The predicted octanol–water partition coefficient (Wildman–Crippen LogP) is 5.75. The van der Waals surface area contributed by atoms with Gasteiger partial charge in [-0.1, -0.05) is 60.7 Å². The topological polar surface area (TPSA) is 71.1 Å². The van der Waals surface area contributed by atoms with Crippen LogP contribution in [0.4, 0.5) is 0 Å². The quantitative estimate of drug-likeness (QED) is 0.259. The number of carbonyl (C=O) groups is 2. The summed E-state index contributed by atoms with van der Waals surface area (Å²) in [5.41, 5.74) is 2.42. The second-order valence-electron chi connectivity index (χ2n) is 7.24. The van der Waals surface area contributed by atoms with Crippen LogP contribution in [0.3, 0.4) is 0 Å². The summed E-state index contributed by atoms with van der Waals surface area (Å²) in [6.45, 7) is -0.154. The maximum atomic E-state index is 12.4. The van der Waals surface area contributed by atoms with E-state index in [9.17, 15) is 9.59 Å². The molecule has 0 aromatic heterocycles. The van der Waals surface area contributed by atoms with E-state index in [1.807, 2.05) is 12.1 Å². The molecule has 2 unspecified atom stereocenters. The SMILES string of the molecule is COc1cc(COC(=O)C(Cl)c2ccccc2)c(OC)cc1COC(=O)C(Cl)c1ccccc1. The molecule has 0 bridgehead atoms. The number of benzene rings is 3. The number of carbonyl (C=O) groups excluding carboxylic acids is 2. The average Bonchev–Trinajstić information content (AvgIpc) is 2.90. The van der Waals surface area contributed by atoms with Gasteiger partial charge in [-0.2, -0.15) is 0 Å². The maximum Gasteiger partial charge on any atom is 0.328 e. The fourth-order valence-corrected chi connectivity index (χ4v) is 3.63. The van der Waals surface area contributed by atoms with Crippen LogP contribution in [0.15, 0.2) is 72.8 Å². The zero-order valence-corrected chi connectivity index (χ0v) is 20.2. The Morgan fingerprint density at radius 3 is 1.35 bits per heavy atom. The molecule has 0 saturated heterocycles. The van der Waals surface area contributed by atoms with Crippen molar-refractivity contribution in [2.75, 3.05) is 14.2 Å². The van der Waals surface area contributed by atoms with Gasteiger partial charge >= 0.3 is 11.9 Å². The predicted molar refractivity (Wildman–Crippen MR) is 129 cm³/mol. The fraction of sp³-hybridized carbons (Fsp3) is 0.231. The van der Waals surface area contributed by atoms with Gasteiger partial charge in [0, 0.05) is 11.1 Å². The molecule has 3 aromatic rings. The summed E-state index contributed by atoms with van der Waals surface area (Å²) in [4.78, 5) is 24.8. The van der Waals surface area contributed by atoms with Crippen molar-refractivity contribution in [3.8, 4) is 11.5 Å². The largest absolute Gasteiger partial charge is 0.496 e. The van der Waals surface area contributed by atoms with Crippen LogP contribution in [0.25, 0.3) is 0 Å². The second-order valence-corrected chi connectivity index (χ2v) is 8.11. The third-order valence-corrected chi connectivity index (χ3v) is 5.88. The zero-order chi connectivity index (χ0) is 24.5. The Kier molecular flexibility index (Phi) is 9.19. The first-order valence-corrected chi connectivity index (χ1v) is 11.3. The van der Waals surface area contributed by atoms with E-state index in [1.54, 1.807) is 60.7 Å². The Balaban J connectivity index is 1.67. The first kappa shape index (κ1) is 25.4. The molecule has 0 N–H and O–H groups in total. The highest BCUT2D eigenvalue weighted by atomic mass is 35.5. The van der Waals surface area contributed by atoms with Crippen molar-refractivity contribution in [2.24, 2.45) is 0 Å². The summed E-state index contributed by atoms with van der Waals surface area (Å²) in [7, 11) is 2.98. The van der Waals surface area contributed by atoms with Gasteiger partial charge in [-0.3, -0.25) is 9.59 Å². The summed E-state index contributed by atoms with van der Waals surface area (Å²) in [6.07, 6.45) is 0. The van der Waals surface area contributed by atoms with E-state index in [2.05, 4.69) is 0 Å². The smallest absolute Gasteiger partial charge is 0.328 e.